The van der Waals surface area contributed by atoms with Crippen molar-refractivity contribution in [3.05, 3.63) is 54.1 Å². The number of nitrogens with one attached hydrogen (secondary N) is 2. The van der Waals surface area contributed by atoms with Crippen LogP contribution in [0.25, 0.3) is 11.3 Å². The second kappa shape index (κ2) is 11.3. The summed E-state index contributed by atoms with van der Waals surface area (Å²) < 4.78 is 24.1. The monoisotopic (exact) mass is 467 g/mol. The van der Waals surface area contributed by atoms with E-state index in [-0.39, 0.29) is 5.75 Å². The molecule has 2 aromatic heterocycles. The lowest BCUT2D eigenvalue weighted by Gasteiger charge is -2.22. The van der Waals surface area contributed by atoms with Crippen LogP contribution in [0.1, 0.15) is 51.0 Å². The van der Waals surface area contributed by atoms with E-state index in [4.69, 9.17) is 9.72 Å². The highest BCUT2D eigenvalue weighted by atomic mass is 32.2. The Balaban J connectivity index is 1.55. The minimum Gasteiger partial charge on any atom is -0.435 e. The number of halogens is 1. The average molecular weight is 468 g/mol. The van der Waals surface area contributed by atoms with Crippen molar-refractivity contribution >= 4 is 23.6 Å². The molecule has 0 aliphatic heterocycles. The normalized spacial score (nSPS) is 14.2. The van der Waals surface area contributed by atoms with Gasteiger partial charge in [0.2, 0.25) is 11.8 Å². The highest BCUT2D eigenvalue weighted by Gasteiger charge is 2.18. The van der Waals surface area contributed by atoms with E-state index in [9.17, 15) is 4.39 Å². The Bertz CT molecular complexity index is 1050. The van der Waals surface area contributed by atoms with Gasteiger partial charge in [-0.3, -0.25) is 0 Å². The molecule has 1 fully saturated rings. The number of hydrogen-bond acceptors (Lipinski definition) is 7. The van der Waals surface area contributed by atoms with Gasteiger partial charge in [0.25, 0.3) is 0 Å². The van der Waals surface area contributed by atoms with Crippen LogP contribution >= 0.6 is 11.9 Å². The number of aromatic nitrogens is 3. The van der Waals surface area contributed by atoms with Gasteiger partial charge in [-0.15, -0.1) is 0 Å². The van der Waals surface area contributed by atoms with Crippen molar-refractivity contribution in [3.8, 4) is 22.9 Å². The van der Waals surface area contributed by atoms with Gasteiger partial charge < -0.3 is 14.8 Å². The Kier molecular flexibility index (Phi) is 7.99. The fourth-order valence-electron chi connectivity index (χ4n) is 3.93. The molecule has 0 unspecified atom stereocenters. The summed E-state index contributed by atoms with van der Waals surface area (Å²) in [5, 5.41) is 3.45. The number of rotatable bonds is 9. The number of aryl methyl sites for hydroxylation is 1. The van der Waals surface area contributed by atoms with E-state index in [1.54, 1.807) is 24.3 Å². The summed E-state index contributed by atoms with van der Waals surface area (Å²) >= 11 is 1.56. The smallest absolute Gasteiger partial charge is 0.228 e. The summed E-state index contributed by atoms with van der Waals surface area (Å²) in [6, 6.07) is 9.24. The maximum Gasteiger partial charge on any atom is 0.228 e. The minimum absolute atomic E-state index is 0.163. The van der Waals surface area contributed by atoms with Gasteiger partial charge in [0.1, 0.15) is 0 Å². The van der Waals surface area contributed by atoms with Crippen LogP contribution in [0.3, 0.4) is 0 Å². The van der Waals surface area contributed by atoms with Crippen molar-refractivity contribution in [1.29, 1.82) is 0 Å². The van der Waals surface area contributed by atoms with Gasteiger partial charge in [0.15, 0.2) is 11.6 Å². The first-order chi connectivity index (χ1) is 16.1. The van der Waals surface area contributed by atoms with Crippen LogP contribution in [0.5, 0.6) is 11.6 Å². The zero-order chi connectivity index (χ0) is 23.0. The summed E-state index contributed by atoms with van der Waals surface area (Å²) in [5.41, 5.74) is 2.77. The number of benzene rings is 1. The molecule has 2 N–H and O–H groups in total. The molecule has 1 aromatic carbocycles. The minimum atomic E-state index is -0.437. The molecule has 4 rings (SSSR count). The second-order valence-electron chi connectivity index (χ2n) is 8.26. The van der Waals surface area contributed by atoms with Crippen LogP contribution in [0.15, 0.2) is 42.7 Å². The van der Waals surface area contributed by atoms with Gasteiger partial charge in [0, 0.05) is 35.9 Å². The molecule has 174 valence electrons. The summed E-state index contributed by atoms with van der Waals surface area (Å²) in [6.45, 7) is 3.93. The first-order valence-electron chi connectivity index (χ1n) is 11.5. The van der Waals surface area contributed by atoms with Crippen LogP contribution < -0.4 is 14.8 Å². The molecule has 3 aromatic rings. The van der Waals surface area contributed by atoms with Crippen molar-refractivity contribution < 1.29 is 9.13 Å². The van der Waals surface area contributed by atoms with Gasteiger partial charge in [-0.1, -0.05) is 38.1 Å². The van der Waals surface area contributed by atoms with Gasteiger partial charge in [0.05, 0.1) is 11.3 Å². The first-order valence-corrected chi connectivity index (χ1v) is 12.5. The van der Waals surface area contributed by atoms with Crippen molar-refractivity contribution in [2.75, 3.05) is 15.8 Å². The number of pyridine rings is 1. The highest BCUT2D eigenvalue weighted by Crippen LogP contribution is 2.35. The highest BCUT2D eigenvalue weighted by molar-refractivity contribution is 8.00. The lowest BCUT2D eigenvalue weighted by molar-refractivity contribution is 0.426. The third-order valence-electron chi connectivity index (χ3n) is 5.57. The Morgan fingerprint density at radius 3 is 2.76 bits per heavy atom. The molecule has 0 amide bonds. The maximum absolute atomic E-state index is 14.9. The van der Waals surface area contributed by atoms with Crippen molar-refractivity contribution in [2.24, 2.45) is 0 Å². The molecular weight excluding hydrogens is 437 g/mol. The lowest BCUT2D eigenvalue weighted by Crippen LogP contribution is -2.23. The van der Waals surface area contributed by atoms with Crippen LogP contribution in [0.2, 0.25) is 0 Å². The molecular formula is C25H30FN5OS. The summed E-state index contributed by atoms with van der Waals surface area (Å²) in [6.07, 6.45) is 10.4. The topological polar surface area (TPSA) is 72.0 Å². The number of hydrogen-bond donors (Lipinski definition) is 2. The molecule has 6 nitrogen and oxygen atoms in total. The summed E-state index contributed by atoms with van der Waals surface area (Å²) in [7, 11) is 0. The third-order valence-corrected chi connectivity index (χ3v) is 6.56. The number of anilines is 2. The van der Waals surface area contributed by atoms with Crippen LogP contribution in [-0.2, 0) is 0 Å². The van der Waals surface area contributed by atoms with Gasteiger partial charge >= 0.3 is 0 Å². The predicted octanol–water partition coefficient (Wildman–Crippen LogP) is 6.99. The Morgan fingerprint density at radius 2 is 1.97 bits per heavy atom. The first kappa shape index (κ1) is 23.3. The zero-order valence-electron chi connectivity index (χ0n) is 19.1. The van der Waals surface area contributed by atoms with Crippen molar-refractivity contribution in [2.45, 2.75) is 58.4 Å². The molecule has 8 heteroatoms. The van der Waals surface area contributed by atoms with Gasteiger partial charge in [-0.25, -0.2) is 19.3 Å². The fourth-order valence-corrected chi connectivity index (χ4v) is 4.52. The van der Waals surface area contributed by atoms with Gasteiger partial charge in [-0.2, -0.15) is 0 Å². The quantitative estimate of drug-likeness (QED) is 0.259. The molecule has 0 radical (unpaired) electrons. The van der Waals surface area contributed by atoms with E-state index in [1.807, 2.05) is 31.2 Å². The Labute approximate surface area is 198 Å². The zero-order valence-corrected chi connectivity index (χ0v) is 19.9. The Morgan fingerprint density at radius 1 is 1.12 bits per heavy atom. The van der Waals surface area contributed by atoms with Crippen LogP contribution in [0, 0.1) is 12.7 Å². The number of nitrogens with zero attached hydrogens (tertiary/aromatic N) is 3. The summed E-state index contributed by atoms with van der Waals surface area (Å²) in [4.78, 5) is 13.5. The molecule has 33 heavy (non-hydrogen) atoms. The largest absolute Gasteiger partial charge is 0.435 e. The van der Waals surface area contributed by atoms with Gasteiger partial charge in [-0.05, 0) is 56.0 Å². The van der Waals surface area contributed by atoms with E-state index in [0.717, 1.165) is 25.0 Å². The number of ether oxygens (including phenoxy) is 1. The molecule has 1 aliphatic rings. The molecule has 0 saturated heterocycles. The maximum atomic E-state index is 14.9. The molecule has 0 bridgehead atoms. The molecule has 1 aliphatic carbocycles. The predicted molar refractivity (Wildman–Crippen MR) is 133 cm³/mol. The SMILES string of the molecule is CCCSNc1cc(C)c(Oc2ncccc2-c2ccnc(NC3CCCCC3)n2)c(F)c1. The molecule has 1 saturated carbocycles. The Hall–Kier alpha value is -2.87. The standard InChI is InChI=1S/C25H30FN5OS/c1-3-14-33-31-19-15-17(2)23(21(26)16-19)32-24-20(10-7-12-27-24)22-11-13-28-25(30-22)29-18-8-5-4-6-9-18/h7,10-13,15-16,18,31H,3-6,8-9,14H2,1-2H3,(H,28,29,30). The second-order valence-corrected chi connectivity index (χ2v) is 9.16. The van der Waals surface area contributed by atoms with E-state index in [1.165, 1.54) is 25.3 Å². The van der Waals surface area contributed by atoms with E-state index in [0.29, 0.717) is 40.4 Å². The van der Waals surface area contributed by atoms with Crippen molar-refractivity contribution in [1.82, 2.24) is 15.0 Å². The van der Waals surface area contributed by atoms with E-state index in [2.05, 4.69) is 26.9 Å². The van der Waals surface area contributed by atoms with Crippen LogP contribution in [0.4, 0.5) is 16.0 Å². The lowest BCUT2D eigenvalue weighted by atomic mass is 9.96. The van der Waals surface area contributed by atoms with Crippen LogP contribution in [-0.4, -0.2) is 26.7 Å². The van der Waals surface area contributed by atoms with Crippen molar-refractivity contribution in [3.63, 3.8) is 0 Å². The fraction of sp³-hybridized carbons (Fsp3) is 0.400. The molecule has 0 atom stereocenters. The third kappa shape index (κ3) is 6.13. The van der Waals surface area contributed by atoms with E-state index >= 15 is 0 Å². The molecule has 2 heterocycles. The van der Waals surface area contributed by atoms with E-state index < -0.39 is 5.82 Å². The summed E-state index contributed by atoms with van der Waals surface area (Å²) in [5.74, 6) is 1.58. The average Bonchev–Trinajstić information content (AvgIpc) is 2.83. The molecule has 0 spiro atoms.